The molecule has 0 fully saturated rings. The lowest BCUT2D eigenvalue weighted by atomic mass is 10.2. The molecule has 158 valence electrons. The van der Waals surface area contributed by atoms with Crippen LogP contribution in [0.15, 0.2) is 46.2 Å². The highest BCUT2D eigenvalue weighted by molar-refractivity contribution is 7.93. The first-order valence-corrected chi connectivity index (χ1v) is 11.5. The quantitative estimate of drug-likeness (QED) is 0.602. The number of nitrogens with one attached hydrogen (secondary N) is 1. The molecule has 1 N–H and O–H groups in total. The van der Waals surface area contributed by atoms with Crippen molar-refractivity contribution >= 4 is 55.5 Å². The van der Waals surface area contributed by atoms with Gasteiger partial charge < -0.3 is 0 Å². The topological polar surface area (TPSA) is 80.3 Å². The second kappa shape index (κ2) is 9.03. The molecular weight excluding hydrogens is 474 g/mol. The predicted molar refractivity (Wildman–Crippen MR) is 105 cm³/mol. The molecule has 0 saturated heterocycles. The zero-order valence-electron chi connectivity index (χ0n) is 14.7. The van der Waals surface area contributed by atoms with E-state index in [0.29, 0.717) is 6.07 Å². The Morgan fingerprint density at radius 3 is 2.38 bits per heavy atom. The third-order valence-electron chi connectivity index (χ3n) is 3.67. The van der Waals surface area contributed by atoms with E-state index in [4.69, 9.17) is 23.2 Å². The maximum atomic E-state index is 13.0. The fourth-order valence-electron chi connectivity index (χ4n) is 2.20. The fourth-order valence-corrected chi connectivity index (χ4v) is 4.98. The second-order valence-corrected chi connectivity index (χ2v) is 9.71. The van der Waals surface area contributed by atoms with Crippen LogP contribution in [-0.4, -0.2) is 24.2 Å². The molecule has 2 aromatic carbocycles. The Kier molecular flexibility index (Phi) is 7.37. The summed E-state index contributed by atoms with van der Waals surface area (Å²) >= 11 is 11.4. The Morgan fingerprint density at radius 2 is 1.79 bits per heavy atom. The molecule has 0 aromatic heterocycles. The number of benzene rings is 2. The van der Waals surface area contributed by atoms with Gasteiger partial charge in [-0.25, -0.2) is 8.42 Å². The van der Waals surface area contributed by atoms with Gasteiger partial charge in [-0.15, -0.1) is 0 Å². The maximum absolute atomic E-state index is 13.0. The number of Topliss-reactive ketones (excluding diaryl/α,β-unsaturated/α-hetero) is 1. The largest absolute Gasteiger partial charge is 0.417 e. The second-order valence-electron chi connectivity index (χ2n) is 5.77. The van der Waals surface area contributed by atoms with Crippen molar-refractivity contribution in [3.63, 3.8) is 0 Å². The van der Waals surface area contributed by atoms with Crippen LogP contribution in [0, 0.1) is 0 Å². The third-order valence-corrected chi connectivity index (χ3v) is 7.03. The van der Waals surface area contributed by atoms with Gasteiger partial charge in [-0.1, -0.05) is 30.1 Å². The first-order chi connectivity index (χ1) is 13.3. The molecule has 1 atom stereocenters. The highest BCUT2D eigenvalue weighted by Gasteiger charge is 2.34. The predicted octanol–water partition coefficient (Wildman–Crippen LogP) is 4.90. The number of sulfonamides is 1. The molecule has 5 nitrogen and oxygen atoms in total. The van der Waals surface area contributed by atoms with Gasteiger partial charge >= 0.3 is 6.18 Å². The highest BCUT2D eigenvalue weighted by atomic mass is 35.5. The lowest BCUT2D eigenvalue weighted by Crippen LogP contribution is -2.17. The van der Waals surface area contributed by atoms with Gasteiger partial charge in [0.15, 0.2) is 0 Å². The molecule has 0 heterocycles. The van der Waals surface area contributed by atoms with Crippen molar-refractivity contribution in [3.8, 4) is 0 Å². The Morgan fingerprint density at radius 1 is 1.14 bits per heavy atom. The molecule has 12 heteroatoms. The Bertz CT molecular complexity index is 1070. The number of ketones is 1. The minimum absolute atomic E-state index is 0.0233. The maximum Gasteiger partial charge on any atom is 0.417 e. The number of carbonyl (C=O) groups is 1. The molecule has 0 aliphatic carbocycles. The van der Waals surface area contributed by atoms with E-state index in [1.807, 2.05) is 0 Å². The van der Waals surface area contributed by atoms with E-state index in [-0.39, 0.29) is 33.6 Å². The molecule has 0 saturated carbocycles. The van der Waals surface area contributed by atoms with E-state index >= 15 is 0 Å². The molecule has 0 radical (unpaired) electrons. The number of alkyl halides is 3. The number of hydrogen-bond donors (Lipinski definition) is 1. The molecule has 2 aromatic rings. The van der Waals surface area contributed by atoms with Crippen molar-refractivity contribution in [2.45, 2.75) is 29.3 Å². The Balaban J connectivity index is 2.47. The molecule has 0 amide bonds. The molecule has 0 spiro atoms. The van der Waals surface area contributed by atoms with Crippen LogP contribution < -0.4 is 4.72 Å². The average Bonchev–Trinajstić information content (AvgIpc) is 2.60. The van der Waals surface area contributed by atoms with Crippen molar-refractivity contribution in [2.24, 2.45) is 0 Å². The lowest BCUT2D eigenvalue weighted by Gasteiger charge is -2.15. The number of halogens is 5. The van der Waals surface area contributed by atoms with E-state index in [1.54, 1.807) is 6.92 Å². The summed E-state index contributed by atoms with van der Waals surface area (Å²) in [5.41, 5.74) is -1.52. The van der Waals surface area contributed by atoms with Crippen molar-refractivity contribution in [3.05, 3.63) is 52.0 Å². The van der Waals surface area contributed by atoms with Crippen molar-refractivity contribution in [1.82, 2.24) is 0 Å². The SMILES string of the molecule is CCC(=O)CS(=O)c1ccc(Cl)cc1NS(=O)(=O)c1ccc(Cl)c(C(F)(F)F)c1. The Labute approximate surface area is 177 Å². The van der Waals surface area contributed by atoms with Crippen LogP contribution in [0.2, 0.25) is 10.0 Å². The summed E-state index contributed by atoms with van der Waals surface area (Å²) in [4.78, 5) is 10.8. The number of hydrogen-bond acceptors (Lipinski definition) is 4. The smallest absolute Gasteiger partial charge is 0.299 e. The number of carbonyl (C=O) groups excluding carboxylic acids is 1. The van der Waals surface area contributed by atoms with Gasteiger partial charge in [0.05, 0.1) is 42.6 Å². The molecule has 1 unspecified atom stereocenters. The van der Waals surface area contributed by atoms with Crippen LogP contribution >= 0.6 is 23.2 Å². The van der Waals surface area contributed by atoms with Gasteiger partial charge in [-0.2, -0.15) is 13.2 Å². The summed E-state index contributed by atoms with van der Waals surface area (Å²) in [6, 6.07) is 5.91. The minimum atomic E-state index is -4.86. The molecule has 0 aliphatic heterocycles. The summed E-state index contributed by atoms with van der Waals surface area (Å²) in [7, 11) is -6.39. The zero-order valence-corrected chi connectivity index (χ0v) is 17.9. The van der Waals surface area contributed by atoms with Gasteiger partial charge in [-0.05, 0) is 36.4 Å². The number of rotatable bonds is 7. The fraction of sp³-hybridized carbons (Fsp3) is 0.235. The van der Waals surface area contributed by atoms with Gasteiger partial charge in [0, 0.05) is 11.4 Å². The van der Waals surface area contributed by atoms with Gasteiger partial charge in [0.25, 0.3) is 10.0 Å². The van der Waals surface area contributed by atoms with E-state index in [9.17, 15) is 30.6 Å². The minimum Gasteiger partial charge on any atom is -0.299 e. The zero-order chi connectivity index (χ0) is 22.0. The highest BCUT2D eigenvalue weighted by Crippen LogP contribution is 2.36. The summed E-state index contributed by atoms with van der Waals surface area (Å²) < 4.78 is 78.9. The van der Waals surface area contributed by atoms with Crippen LogP contribution in [0.5, 0.6) is 0 Å². The van der Waals surface area contributed by atoms with E-state index in [1.165, 1.54) is 12.1 Å². The standard InChI is InChI=1S/C17H14Cl2F3NO4S2/c1-2-11(24)9-28(25)16-6-3-10(18)7-15(16)23-29(26,27)12-4-5-14(19)13(8-12)17(20,21)22/h3-8,23H,2,9H2,1H3. The van der Waals surface area contributed by atoms with Gasteiger partial charge in [-0.3, -0.25) is 13.7 Å². The Hall–Kier alpha value is -1.62. The summed E-state index contributed by atoms with van der Waals surface area (Å²) in [6.45, 7) is 1.59. The number of anilines is 1. The van der Waals surface area contributed by atoms with Gasteiger partial charge in [0.2, 0.25) is 0 Å². The molecule has 0 aliphatic rings. The molecular formula is C17H14Cl2F3NO4S2. The van der Waals surface area contributed by atoms with Crippen LogP contribution in [0.4, 0.5) is 18.9 Å². The van der Waals surface area contributed by atoms with Crippen molar-refractivity contribution < 1.29 is 30.6 Å². The molecule has 0 bridgehead atoms. The molecule has 29 heavy (non-hydrogen) atoms. The first kappa shape index (κ1) is 23.7. The van der Waals surface area contributed by atoms with Crippen molar-refractivity contribution in [2.75, 3.05) is 10.5 Å². The van der Waals surface area contributed by atoms with Crippen LogP contribution in [0.3, 0.4) is 0 Å². The molecule has 2 rings (SSSR count). The average molecular weight is 488 g/mol. The summed E-state index contributed by atoms with van der Waals surface area (Å²) in [5.74, 6) is -0.647. The van der Waals surface area contributed by atoms with Crippen LogP contribution in [-0.2, 0) is 31.8 Å². The summed E-state index contributed by atoms with van der Waals surface area (Å²) in [6.07, 6.45) is -4.71. The first-order valence-electron chi connectivity index (χ1n) is 7.94. The monoisotopic (exact) mass is 487 g/mol. The van der Waals surface area contributed by atoms with E-state index in [0.717, 1.165) is 18.2 Å². The van der Waals surface area contributed by atoms with Crippen LogP contribution in [0.25, 0.3) is 0 Å². The normalized spacial score (nSPS) is 13.2. The van der Waals surface area contributed by atoms with E-state index < -0.39 is 42.5 Å². The lowest BCUT2D eigenvalue weighted by molar-refractivity contribution is -0.137. The van der Waals surface area contributed by atoms with Crippen LogP contribution in [0.1, 0.15) is 18.9 Å². The van der Waals surface area contributed by atoms with Gasteiger partial charge in [0.1, 0.15) is 5.78 Å². The van der Waals surface area contributed by atoms with Crippen molar-refractivity contribution in [1.29, 1.82) is 0 Å². The van der Waals surface area contributed by atoms with E-state index in [2.05, 4.69) is 4.72 Å². The summed E-state index contributed by atoms with van der Waals surface area (Å²) in [5, 5.41) is -0.559. The third kappa shape index (κ3) is 5.94.